The maximum atomic E-state index is 12.4. The molecule has 178 valence electrons. The summed E-state index contributed by atoms with van der Waals surface area (Å²) in [6.45, 7) is 7.48. The standard InChI is InChI=1S/C22H26N8O3S/c1-13(2)30-17-9-19(24-11-16(17)26-21(30)22(3,4)31)27-18-7-8-23-20(28-18)14-10-25-29(12-14)34(32,33)15-5-6-15/h7-13,15,31H,5-6H2,1-4H3,(H,23,24,27,28). The lowest BCUT2D eigenvalue weighted by molar-refractivity contribution is 0.0641. The fraction of sp³-hybridized carbons (Fsp3) is 0.409. The third-order valence-corrected chi connectivity index (χ3v) is 7.61. The molecule has 2 N–H and O–H groups in total. The van der Waals surface area contributed by atoms with E-state index in [2.05, 4.69) is 30.4 Å². The van der Waals surface area contributed by atoms with E-state index < -0.39 is 15.6 Å². The van der Waals surface area contributed by atoms with E-state index in [4.69, 9.17) is 0 Å². The third-order valence-electron chi connectivity index (χ3n) is 5.58. The summed E-state index contributed by atoms with van der Waals surface area (Å²) in [5.74, 6) is 1.96. The Kier molecular flexibility index (Phi) is 5.17. The van der Waals surface area contributed by atoms with E-state index >= 15 is 0 Å². The summed E-state index contributed by atoms with van der Waals surface area (Å²) in [5, 5.41) is 17.4. The molecule has 4 aromatic heterocycles. The summed E-state index contributed by atoms with van der Waals surface area (Å²) in [7, 11) is -3.45. The number of hydrogen-bond donors (Lipinski definition) is 2. The summed E-state index contributed by atoms with van der Waals surface area (Å²) >= 11 is 0. The molecular formula is C22H26N8O3S. The number of anilines is 2. The normalized spacial score (nSPS) is 14.8. The molecule has 1 saturated carbocycles. The lowest BCUT2D eigenvalue weighted by Gasteiger charge is -2.21. The third kappa shape index (κ3) is 4.03. The lowest BCUT2D eigenvalue weighted by Crippen LogP contribution is -2.23. The molecule has 34 heavy (non-hydrogen) atoms. The Hall–Kier alpha value is -3.38. The minimum atomic E-state index is -3.45. The van der Waals surface area contributed by atoms with E-state index in [0.29, 0.717) is 47.2 Å². The van der Waals surface area contributed by atoms with Gasteiger partial charge in [-0.15, -0.1) is 0 Å². The molecule has 1 fully saturated rings. The first kappa shape index (κ1) is 22.4. The van der Waals surface area contributed by atoms with Gasteiger partial charge in [0.25, 0.3) is 10.0 Å². The number of rotatable bonds is 7. The molecule has 0 radical (unpaired) electrons. The average Bonchev–Trinajstić information content (AvgIpc) is 3.38. The van der Waals surface area contributed by atoms with Crippen molar-refractivity contribution in [1.29, 1.82) is 0 Å². The van der Waals surface area contributed by atoms with Crippen LogP contribution in [0.1, 0.15) is 52.4 Å². The van der Waals surface area contributed by atoms with Crippen LogP contribution in [0.2, 0.25) is 0 Å². The molecule has 12 heteroatoms. The van der Waals surface area contributed by atoms with Gasteiger partial charge < -0.3 is 15.0 Å². The first-order valence-corrected chi connectivity index (χ1v) is 12.5. The molecule has 0 amide bonds. The number of nitrogens with zero attached hydrogens (tertiary/aromatic N) is 7. The Balaban J connectivity index is 1.45. The fourth-order valence-corrected chi connectivity index (χ4v) is 5.27. The van der Waals surface area contributed by atoms with Gasteiger partial charge in [0.2, 0.25) is 0 Å². The van der Waals surface area contributed by atoms with E-state index in [1.807, 2.05) is 24.5 Å². The molecule has 1 aliphatic carbocycles. The lowest BCUT2D eigenvalue weighted by atomic mass is 10.1. The Morgan fingerprint density at radius 1 is 1.15 bits per heavy atom. The summed E-state index contributed by atoms with van der Waals surface area (Å²) in [4.78, 5) is 17.8. The van der Waals surface area contributed by atoms with Gasteiger partial charge in [-0.3, -0.25) is 0 Å². The van der Waals surface area contributed by atoms with Crippen LogP contribution in [-0.2, 0) is 15.6 Å². The molecule has 0 unspecified atom stereocenters. The highest BCUT2D eigenvalue weighted by Gasteiger charge is 2.37. The largest absolute Gasteiger partial charge is 0.383 e. The second-order valence-electron chi connectivity index (χ2n) is 9.25. The van der Waals surface area contributed by atoms with Crippen molar-refractivity contribution in [3.63, 3.8) is 0 Å². The molecule has 0 bridgehead atoms. The van der Waals surface area contributed by atoms with E-state index in [-0.39, 0.29) is 11.3 Å². The SMILES string of the molecule is CC(C)n1c(C(C)(C)O)nc2cnc(Nc3ccnc(-c4cnn(S(=O)(=O)C5CC5)c4)n3)cc21. The van der Waals surface area contributed by atoms with Crippen LogP contribution < -0.4 is 5.32 Å². The Bertz CT molecular complexity index is 1480. The van der Waals surface area contributed by atoms with E-state index in [9.17, 15) is 13.5 Å². The monoisotopic (exact) mass is 482 g/mol. The molecule has 0 spiro atoms. The van der Waals surface area contributed by atoms with Gasteiger partial charge in [0.15, 0.2) is 5.82 Å². The van der Waals surface area contributed by atoms with Crippen LogP contribution in [0.4, 0.5) is 11.6 Å². The fourth-order valence-electron chi connectivity index (χ4n) is 3.80. The van der Waals surface area contributed by atoms with Gasteiger partial charge in [0.05, 0.1) is 34.9 Å². The second-order valence-corrected chi connectivity index (χ2v) is 11.3. The number of aromatic nitrogens is 7. The number of hydrogen-bond acceptors (Lipinski definition) is 9. The van der Waals surface area contributed by atoms with Crippen LogP contribution in [0.3, 0.4) is 0 Å². The number of aliphatic hydroxyl groups is 1. The van der Waals surface area contributed by atoms with Crippen molar-refractivity contribution in [2.45, 2.75) is 57.4 Å². The smallest absolute Gasteiger partial charge is 0.256 e. The Morgan fingerprint density at radius 2 is 1.91 bits per heavy atom. The van der Waals surface area contributed by atoms with Crippen molar-refractivity contribution in [2.75, 3.05) is 5.32 Å². The first-order chi connectivity index (χ1) is 16.0. The Morgan fingerprint density at radius 3 is 2.59 bits per heavy atom. The molecule has 0 atom stereocenters. The average molecular weight is 483 g/mol. The molecule has 0 aliphatic heterocycles. The van der Waals surface area contributed by atoms with Crippen LogP contribution in [0.5, 0.6) is 0 Å². The number of imidazole rings is 1. The first-order valence-electron chi connectivity index (χ1n) is 11.0. The van der Waals surface area contributed by atoms with Gasteiger partial charge in [-0.25, -0.2) is 28.4 Å². The summed E-state index contributed by atoms with van der Waals surface area (Å²) < 4.78 is 27.8. The highest BCUT2D eigenvalue weighted by atomic mass is 32.2. The van der Waals surface area contributed by atoms with Gasteiger partial charge in [0.1, 0.15) is 28.6 Å². The van der Waals surface area contributed by atoms with Crippen LogP contribution in [0, 0.1) is 0 Å². The van der Waals surface area contributed by atoms with Crippen LogP contribution in [0.25, 0.3) is 22.4 Å². The maximum Gasteiger partial charge on any atom is 0.256 e. The second kappa shape index (κ2) is 7.84. The van der Waals surface area contributed by atoms with Gasteiger partial charge >= 0.3 is 0 Å². The molecule has 4 heterocycles. The number of fused-ring (bicyclic) bond motifs is 1. The summed E-state index contributed by atoms with van der Waals surface area (Å²) in [6, 6.07) is 3.64. The highest BCUT2D eigenvalue weighted by molar-refractivity contribution is 7.90. The van der Waals surface area contributed by atoms with E-state index in [1.54, 1.807) is 32.3 Å². The minimum absolute atomic E-state index is 0.0794. The maximum absolute atomic E-state index is 12.4. The zero-order valence-corrected chi connectivity index (χ0v) is 20.2. The zero-order chi connectivity index (χ0) is 24.3. The van der Waals surface area contributed by atoms with Gasteiger partial charge in [-0.1, -0.05) is 0 Å². The summed E-state index contributed by atoms with van der Waals surface area (Å²) in [5.41, 5.74) is 0.925. The minimum Gasteiger partial charge on any atom is -0.383 e. The quantitative estimate of drug-likeness (QED) is 0.406. The van der Waals surface area contributed by atoms with Crippen LogP contribution >= 0.6 is 0 Å². The molecular weight excluding hydrogens is 456 g/mol. The van der Waals surface area contributed by atoms with Crippen molar-refractivity contribution < 1.29 is 13.5 Å². The van der Waals surface area contributed by atoms with Crippen molar-refractivity contribution in [2.24, 2.45) is 0 Å². The van der Waals surface area contributed by atoms with E-state index in [0.717, 1.165) is 9.60 Å². The zero-order valence-electron chi connectivity index (χ0n) is 19.3. The van der Waals surface area contributed by atoms with Gasteiger partial charge in [-0.2, -0.15) is 9.19 Å². The molecule has 1 aliphatic rings. The van der Waals surface area contributed by atoms with E-state index in [1.165, 1.54) is 12.4 Å². The number of pyridine rings is 1. The molecule has 5 rings (SSSR count). The topological polar surface area (TPSA) is 141 Å². The number of nitrogens with one attached hydrogen (secondary N) is 1. The molecule has 4 aromatic rings. The predicted molar refractivity (Wildman–Crippen MR) is 127 cm³/mol. The van der Waals surface area contributed by atoms with Gasteiger partial charge in [-0.05, 0) is 46.6 Å². The predicted octanol–water partition coefficient (Wildman–Crippen LogP) is 2.98. The van der Waals surface area contributed by atoms with Crippen molar-refractivity contribution in [3.05, 3.63) is 42.7 Å². The highest BCUT2D eigenvalue weighted by Crippen LogP contribution is 2.31. The van der Waals surface area contributed by atoms with Crippen molar-refractivity contribution in [1.82, 2.24) is 33.7 Å². The molecule has 0 aromatic carbocycles. The van der Waals surface area contributed by atoms with Gasteiger partial charge in [0, 0.05) is 18.3 Å². The van der Waals surface area contributed by atoms with Crippen molar-refractivity contribution in [3.8, 4) is 11.4 Å². The Labute approximate surface area is 197 Å². The van der Waals surface area contributed by atoms with Crippen molar-refractivity contribution >= 4 is 32.7 Å². The van der Waals surface area contributed by atoms with Crippen LogP contribution in [0.15, 0.2) is 36.9 Å². The van der Waals surface area contributed by atoms with Crippen LogP contribution in [-0.4, -0.2) is 52.5 Å². The summed E-state index contributed by atoms with van der Waals surface area (Å²) in [6.07, 6.45) is 7.45. The molecule has 11 nitrogen and oxygen atoms in total. The molecule has 0 saturated heterocycles.